The van der Waals surface area contributed by atoms with Gasteiger partial charge in [-0.05, 0) is 36.8 Å². The minimum Gasteiger partial charge on any atom is -0.491 e. The van der Waals surface area contributed by atoms with Crippen LogP contribution < -0.4 is 20.7 Å². The van der Waals surface area contributed by atoms with Gasteiger partial charge in [-0.25, -0.2) is 4.79 Å². The average molecular weight is 422 g/mol. The third-order valence-corrected chi connectivity index (χ3v) is 4.75. The lowest BCUT2D eigenvalue weighted by Crippen LogP contribution is -2.30. The fraction of sp³-hybridized carbons (Fsp3) is 0.227. The Kier molecular flexibility index (Phi) is 5.59. The molecule has 0 aliphatic carbocycles. The number of H-pyrrole nitrogens is 1. The first-order chi connectivity index (χ1) is 14.9. The van der Waals surface area contributed by atoms with Crippen molar-refractivity contribution in [2.24, 2.45) is 7.05 Å². The molecule has 9 nitrogen and oxygen atoms in total. The Hall–Kier alpha value is -3.85. The Morgan fingerprint density at radius 1 is 1.10 bits per heavy atom. The molecule has 0 aliphatic heterocycles. The maximum absolute atomic E-state index is 12.6. The summed E-state index contributed by atoms with van der Waals surface area (Å²) in [6, 6.07) is 16.5. The number of nitrogens with one attached hydrogen (secondary N) is 1. The number of aromatic nitrogens is 4. The molecule has 0 saturated carbocycles. The van der Waals surface area contributed by atoms with Gasteiger partial charge in [0, 0.05) is 7.05 Å². The first kappa shape index (κ1) is 20.4. The number of aliphatic hydroxyl groups excluding tert-OH is 1. The van der Waals surface area contributed by atoms with Crippen molar-refractivity contribution in [1.82, 2.24) is 19.1 Å². The number of aliphatic hydroxyl groups is 1. The minimum absolute atomic E-state index is 0.00274. The summed E-state index contributed by atoms with van der Waals surface area (Å²) in [5.74, 6) is 1.14. The molecule has 2 aromatic carbocycles. The first-order valence-corrected chi connectivity index (χ1v) is 9.72. The standard InChI is InChI=1S/C22H22N4O5/c1-14-7-6-10-17(11-14)31-22-23-19-18(20(28)24-21(29)25(19)2)26(22)12-15(27)13-30-16-8-4-3-5-9-16/h3-11,15,27H,12-13H2,1-2H3,(H,24,28,29)/t15-/m0/s1. The molecule has 31 heavy (non-hydrogen) atoms. The molecule has 2 heterocycles. The van der Waals surface area contributed by atoms with Gasteiger partial charge in [0.1, 0.15) is 24.2 Å². The Labute approximate surface area is 177 Å². The van der Waals surface area contributed by atoms with E-state index in [9.17, 15) is 14.7 Å². The van der Waals surface area contributed by atoms with E-state index in [1.807, 2.05) is 43.3 Å². The van der Waals surface area contributed by atoms with E-state index in [1.54, 1.807) is 18.2 Å². The maximum atomic E-state index is 12.6. The van der Waals surface area contributed by atoms with Crippen LogP contribution in [0.1, 0.15) is 5.56 Å². The van der Waals surface area contributed by atoms with Gasteiger partial charge in [0.2, 0.25) is 0 Å². The molecule has 4 aromatic rings. The van der Waals surface area contributed by atoms with Crippen LogP contribution in [-0.2, 0) is 13.6 Å². The number of imidazole rings is 1. The van der Waals surface area contributed by atoms with Crippen molar-refractivity contribution in [2.75, 3.05) is 6.61 Å². The average Bonchev–Trinajstić information content (AvgIpc) is 3.10. The van der Waals surface area contributed by atoms with Crippen molar-refractivity contribution in [3.05, 3.63) is 81.0 Å². The second-order valence-corrected chi connectivity index (χ2v) is 7.19. The summed E-state index contributed by atoms with van der Waals surface area (Å²) in [6.07, 6.45) is -0.964. The lowest BCUT2D eigenvalue weighted by atomic mass is 10.2. The molecular formula is C22H22N4O5. The molecule has 0 radical (unpaired) electrons. The fourth-order valence-corrected chi connectivity index (χ4v) is 3.22. The number of benzene rings is 2. The zero-order chi connectivity index (χ0) is 22.0. The highest BCUT2D eigenvalue weighted by Crippen LogP contribution is 2.25. The molecule has 0 saturated heterocycles. The fourth-order valence-electron chi connectivity index (χ4n) is 3.22. The number of ether oxygens (including phenoxy) is 2. The molecule has 160 valence electrons. The van der Waals surface area contributed by atoms with Crippen LogP contribution in [0, 0.1) is 6.92 Å². The molecule has 0 unspecified atom stereocenters. The number of para-hydroxylation sites is 1. The molecule has 9 heteroatoms. The predicted molar refractivity (Wildman–Crippen MR) is 115 cm³/mol. The molecule has 4 rings (SSSR count). The van der Waals surface area contributed by atoms with Crippen molar-refractivity contribution in [2.45, 2.75) is 19.6 Å². The summed E-state index contributed by atoms with van der Waals surface area (Å²) >= 11 is 0. The van der Waals surface area contributed by atoms with Crippen molar-refractivity contribution in [3.63, 3.8) is 0 Å². The molecule has 0 amide bonds. The second-order valence-electron chi connectivity index (χ2n) is 7.19. The normalized spacial score (nSPS) is 12.1. The third kappa shape index (κ3) is 4.36. The summed E-state index contributed by atoms with van der Waals surface area (Å²) in [5.41, 5.74) is 0.0795. The van der Waals surface area contributed by atoms with Crippen LogP contribution in [0.5, 0.6) is 17.5 Å². The number of rotatable bonds is 7. The van der Waals surface area contributed by atoms with Crippen LogP contribution in [0.3, 0.4) is 0 Å². The van der Waals surface area contributed by atoms with Gasteiger partial charge in [0.05, 0.1) is 6.54 Å². The summed E-state index contributed by atoms with van der Waals surface area (Å²) in [4.78, 5) is 31.2. The van der Waals surface area contributed by atoms with Crippen LogP contribution in [0.2, 0.25) is 0 Å². The highest BCUT2D eigenvalue weighted by atomic mass is 16.5. The van der Waals surface area contributed by atoms with Gasteiger partial charge in [0.25, 0.3) is 5.56 Å². The molecule has 2 N–H and O–H groups in total. The van der Waals surface area contributed by atoms with E-state index in [0.717, 1.165) is 5.56 Å². The van der Waals surface area contributed by atoms with E-state index >= 15 is 0 Å². The van der Waals surface area contributed by atoms with Gasteiger partial charge in [-0.15, -0.1) is 0 Å². The van der Waals surface area contributed by atoms with Gasteiger partial charge >= 0.3 is 11.7 Å². The molecule has 0 bridgehead atoms. The Bertz CT molecular complexity index is 1320. The molecule has 2 aromatic heterocycles. The van der Waals surface area contributed by atoms with Crippen molar-refractivity contribution in [3.8, 4) is 17.5 Å². The van der Waals surface area contributed by atoms with Gasteiger partial charge in [-0.1, -0.05) is 30.3 Å². The smallest absolute Gasteiger partial charge is 0.329 e. The van der Waals surface area contributed by atoms with Crippen LogP contribution in [0.4, 0.5) is 0 Å². The van der Waals surface area contributed by atoms with Crippen LogP contribution in [-0.4, -0.2) is 36.9 Å². The van der Waals surface area contributed by atoms with Crippen molar-refractivity contribution < 1.29 is 14.6 Å². The first-order valence-electron chi connectivity index (χ1n) is 9.72. The van der Waals surface area contributed by atoms with Crippen LogP contribution in [0.25, 0.3) is 11.2 Å². The van der Waals surface area contributed by atoms with Gasteiger partial charge in [-0.3, -0.25) is 18.9 Å². The summed E-state index contributed by atoms with van der Waals surface area (Å²) in [6.45, 7) is 1.90. The topological polar surface area (TPSA) is 111 Å². The van der Waals surface area contributed by atoms with Crippen molar-refractivity contribution in [1.29, 1.82) is 0 Å². The monoisotopic (exact) mass is 422 g/mol. The SMILES string of the molecule is Cc1cccc(Oc2nc3c(c(=O)[nH]c(=O)n3C)n2C[C@H](O)COc2ccccc2)c1. The Morgan fingerprint density at radius 2 is 1.84 bits per heavy atom. The van der Waals surface area contributed by atoms with E-state index in [1.165, 1.54) is 16.2 Å². The number of hydrogen-bond acceptors (Lipinski definition) is 6. The predicted octanol–water partition coefficient (Wildman–Crippen LogP) is 1.96. The zero-order valence-corrected chi connectivity index (χ0v) is 17.1. The maximum Gasteiger partial charge on any atom is 0.329 e. The number of hydrogen-bond donors (Lipinski definition) is 2. The third-order valence-electron chi connectivity index (χ3n) is 4.75. The highest BCUT2D eigenvalue weighted by Gasteiger charge is 2.21. The molecule has 0 spiro atoms. The molecule has 1 atom stereocenters. The largest absolute Gasteiger partial charge is 0.491 e. The van der Waals surface area contributed by atoms with Crippen LogP contribution in [0.15, 0.2) is 64.2 Å². The zero-order valence-electron chi connectivity index (χ0n) is 17.1. The van der Waals surface area contributed by atoms with Gasteiger partial charge in [-0.2, -0.15) is 4.98 Å². The number of nitrogens with zero attached hydrogens (tertiary/aromatic N) is 3. The van der Waals surface area contributed by atoms with E-state index in [4.69, 9.17) is 9.47 Å². The van der Waals surface area contributed by atoms with Gasteiger partial charge in [0.15, 0.2) is 11.2 Å². The van der Waals surface area contributed by atoms with Gasteiger partial charge < -0.3 is 14.6 Å². The summed E-state index contributed by atoms with van der Waals surface area (Å²) in [7, 11) is 1.50. The second kappa shape index (κ2) is 8.49. The summed E-state index contributed by atoms with van der Waals surface area (Å²) < 4.78 is 14.2. The molecule has 0 aliphatic rings. The number of aryl methyl sites for hydroxylation is 2. The lowest BCUT2D eigenvalue weighted by molar-refractivity contribution is 0.0915. The lowest BCUT2D eigenvalue weighted by Gasteiger charge is -2.15. The number of aromatic amines is 1. The Morgan fingerprint density at radius 3 is 2.58 bits per heavy atom. The van der Waals surface area contributed by atoms with Crippen molar-refractivity contribution >= 4 is 11.2 Å². The molecular weight excluding hydrogens is 400 g/mol. The summed E-state index contributed by atoms with van der Waals surface area (Å²) in [5, 5.41) is 10.6. The van der Waals surface area contributed by atoms with Crippen LogP contribution >= 0.6 is 0 Å². The van der Waals surface area contributed by atoms with E-state index in [0.29, 0.717) is 11.5 Å². The minimum atomic E-state index is -0.964. The quantitative estimate of drug-likeness (QED) is 0.471. The van der Waals surface area contributed by atoms with E-state index < -0.39 is 17.4 Å². The molecule has 0 fully saturated rings. The number of fused-ring (bicyclic) bond motifs is 1. The van der Waals surface area contributed by atoms with E-state index in [2.05, 4.69) is 9.97 Å². The highest BCUT2D eigenvalue weighted by molar-refractivity contribution is 5.71. The van der Waals surface area contributed by atoms with E-state index in [-0.39, 0.29) is 30.3 Å². The Balaban J connectivity index is 1.70.